The number of ether oxygens (including phenoxy) is 1. The Bertz CT molecular complexity index is 300. The van der Waals surface area contributed by atoms with Crippen molar-refractivity contribution >= 4 is 0 Å². The van der Waals surface area contributed by atoms with E-state index in [4.69, 9.17) is 4.74 Å². The van der Waals surface area contributed by atoms with Crippen LogP contribution in [0.2, 0.25) is 0 Å². The number of nitrogens with one attached hydrogen (secondary N) is 1. The van der Waals surface area contributed by atoms with Gasteiger partial charge in [0.25, 0.3) is 0 Å². The van der Waals surface area contributed by atoms with Crippen molar-refractivity contribution in [3.05, 3.63) is 0 Å². The number of aliphatic hydroxyl groups excluding tert-OH is 1. The molecule has 1 aliphatic heterocycles. The van der Waals surface area contributed by atoms with Gasteiger partial charge >= 0.3 is 0 Å². The molecule has 0 aromatic rings. The summed E-state index contributed by atoms with van der Waals surface area (Å²) in [6.45, 7) is 17.4. The van der Waals surface area contributed by atoms with Crippen LogP contribution in [0.4, 0.5) is 0 Å². The zero-order valence-corrected chi connectivity index (χ0v) is 14.9. The number of rotatable bonds is 7. The van der Waals surface area contributed by atoms with Crippen LogP contribution in [0, 0.1) is 5.41 Å². The molecule has 2 atom stereocenters. The standard InChI is InChI=1S/C17H36N2O2/c1-7-9-18-15(16(2,3)4)8-10-19-11-14(12-20)21-17(5,6)13-19/h14-15,18,20H,7-13H2,1-6H3. The molecule has 21 heavy (non-hydrogen) atoms. The summed E-state index contributed by atoms with van der Waals surface area (Å²) in [6.07, 6.45) is 2.26. The van der Waals surface area contributed by atoms with Gasteiger partial charge in [0.15, 0.2) is 0 Å². The van der Waals surface area contributed by atoms with Gasteiger partial charge in [-0.2, -0.15) is 0 Å². The first-order valence-corrected chi connectivity index (χ1v) is 8.42. The molecule has 4 heteroatoms. The van der Waals surface area contributed by atoms with Crippen molar-refractivity contribution in [2.45, 2.75) is 72.1 Å². The fourth-order valence-electron chi connectivity index (χ4n) is 3.15. The first kappa shape index (κ1) is 18.9. The van der Waals surface area contributed by atoms with Gasteiger partial charge in [0.1, 0.15) is 0 Å². The summed E-state index contributed by atoms with van der Waals surface area (Å²) < 4.78 is 5.88. The highest BCUT2D eigenvalue weighted by atomic mass is 16.5. The van der Waals surface area contributed by atoms with Gasteiger partial charge in [-0.05, 0) is 45.2 Å². The molecule has 0 amide bonds. The molecular weight excluding hydrogens is 264 g/mol. The predicted octanol–water partition coefficient (Wildman–Crippen LogP) is 2.26. The maximum Gasteiger partial charge on any atom is 0.0940 e. The Morgan fingerprint density at radius 1 is 1.38 bits per heavy atom. The lowest BCUT2D eigenvalue weighted by Gasteiger charge is -2.43. The summed E-state index contributed by atoms with van der Waals surface area (Å²) in [5, 5.41) is 13.1. The van der Waals surface area contributed by atoms with Crippen LogP contribution in [-0.2, 0) is 4.74 Å². The zero-order valence-electron chi connectivity index (χ0n) is 14.9. The van der Waals surface area contributed by atoms with Crippen molar-refractivity contribution in [1.29, 1.82) is 0 Å². The molecule has 0 radical (unpaired) electrons. The van der Waals surface area contributed by atoms with E-state index in [0.717, 1.165) is 32.6 Å². The van der Waals surface area contributed by atoms with Gasteiger partial charge in [-0.1, -0.05) is 27.7 Å². The topological polar surface area (TPSA) is 44.7 Å². The molecule has 0 saturated carbocycles. The molecule has 2 unspecified atom stereocenters. The van der Waals surface area contributed by atoms with Crippen LogP contribution in [0.1, 0.15) is 54.4 Å². The summed E-state index contributed by atoms with van der Waals surface area (Å²) in [7, 11) is 0. The molecule has 0 bridgehead atoms. The van der Waals surface area contributed by atoms with Gasteiger partial charge in [0.2, 0.25) is 0 Å². The molecule has 1 aliphatic rings. The van der Waals surface area contributed by atoms with E-state index in [1.165, 1.54) is 6.42 Å². The van der Waals surface area contributed by atoms with Crippen LogP contribution in [0.3, 0.4) is 0 Å². The number of aliphatic hydroxyl groups is 1. The number of nitrogens with zero attached hydrogens (tertiary/aromatic N) is 1. The fourth-order valence-corrected chi connectivity index (χ4v) is 3.15. The Balaban J connectivity index is 2.54. The lowest BCUT2D eigenvalue weighted by atomic mass is 9.84. The molecule has 1 rings (SSSR count). The highest BCUT2D eigenvalue weighted by Gasteiger charge is 2.33. The number of morpholine rings is 1. The maximum absolute atomic E-state index is 9.40. The normalized spacial score (nSPS) is 25.0. The van der Waals surface area contributed by atoms with Crippen molar-refractivity contribution in [3.8, 4) is 0 Å². The summed E-state index contributed by atoms with van der Waals surface area (Å²) in [4.78, 5) is 2.44. The maximum atomic E-state index is 9.40. The molecule has 4 nitrogen and oxygen atoms in total. The average Bonchev–Trinajstić information content (AvgIpc) is 2.35. The smallest absolute Gasteiger partial charge is 0.0940 e. The van der Waals surface area contributed by atoms with Crippen LogP contribution in [0.25, 0.3) is 0 Å². The molecule has 0 aromatic carbocycles. The molecular formula is C17H36N2O2. The first-order valence-electron chi connectivity index (χ1n) is 8.42. The minimum atomic E-state index is -0.167. The van der Waals surface area contributed by atoms with E-state index in [-0.39, 0.29) is 23.7 Å². The lowest BCUT2D eigenvalue weighted by Crippen LogP contribution is -2.54. The Hall–Kier alpha value is -0.160. The highest BCUT2D eigenvalue weighted by Crippen LogP contribution is 2.25. The van der Waals surface area contributed by atoms with Crippen LogP contribution < -0.4 is 5.32 Å². The molecule has 2 N–H and O–H groups in total. The van der Waals surface area contributed by atoms with Crippen LogP contribution in [0.5, 0.6) is 0 Å². The Morgan fingerprint density at radius 2 is 2.05 bits per heavy atom. The third kappa shape index (κ3) is 6.64. The SMILES string of the molecule is CCCNC(CCN1CC(CO)OC(C)(C)C1)C(C)(C)C. The van der Waals surface area contributed by atoms with E-state index >= 15 is 0 Å². The van der Waals surface area contributed by atoms with E-state index < -0.39 is 0 Å². The molecule has 126 valence electrons. The van der Waals surface area contributed by atoms with Crippen molar-refractivity contribution in [1.82, 2.24) is 10.2 Å². The minimum absolute atomic E-state index is 0.0505. The van der Waals surface area contributed by atoms with Crippen molar-refractivity contribution in [3.63, 3.8) is 0 Å². The predicted molar refractivity (Wildman–Crippen MR) is 88.6 cm³/mol. The van der Waals surface area contributed by atoms with Gasteiger partial charge < -0.3 is 15.2 Å². The summed E-state index contributed by atoms with van der Waals surface area (Å²) in [6, 6.07) is 0.524. The average molecular weight is 300 g/mol. The van der Waals surface area contributed by atoms with Gasteiger partial charge in [-0.25, -0.2) is 0 Å². The second-order valence-corrected chi connectivity index (χ2v) is 8.08. The quantitative estimate of drug-likeness (QED) is 0.757. The lowest BCUT2D eigenvalue weighted by molar-refractivity contribution is -0.149. The van der Waals surface area contributed by atoms with Gasteiger partial charge in [0.05, 0.1) is 18.3 Å². The van der Waals surface area contributed by atoms with Gasteiger partial charge in [0, 0.05) is 19.1 Å². The molecule has 1 fully saturated rings. The molecule has 1 saturated heterocycles. The van der Waals surface area contributed by atoms with Crippen LogP contribution >= 0.6 is 0 Å². The summed E-state index contributed by atoms with van der Waals surface area (Å²) in [5.41, 5.74) is 0.104. The Kier molecular flexibility index (Phi) is 7.11. The van der Waals surface area contributed by atoms with Gasteiger partial charge in [-0.3, -0.25) is 4.90 Å². The summed E-state index contributed by atoms with van der Waals surface area (Å²) in [5.74, 6) is 0. The minimum Gasteiger partial charge on any atom is -0.394 e. The first-order chi connectivity index (χ1) is 9.68. The van der Waals surface area contributed by atoms with Crippen LogP contribution in [0.15, 0.2) is 0 Å². The van der Waals surface area contributed by atoms with E-state index in [1.54, 1.807) is 0 Å². The zero-order chi connectivity index (χ0) is 16.1. The van der Waals surface area contributed by atoms with Gasteiger partial charge in [-0.15, -0.1) is 0 Å². The van der Waals surface area contributed by atoms with Crippen LogP contribution in [-0.4, -0.2) is 60.5 Å². The molecule has 0 aromatic heterocycles. The summed E-state index contributed by atoms with van der Waals surface area (Å²) >= 11 is 0. The largest absolute Gasteiger partial charge is 0.394 e. The van der Waals surface area contributed by atoms with E-state index in [9.17, 15) is 5.11 Å². The Morgan fingerprint density at radius 3 is 2.57 bits per heavy atom. The molecule has 0 aliphatic carbocycles. The third-order valence-electron chi connectivity index (χ3n) is 4.18. The molecule has 1 heterocycles. The second-order valence-electron chi connectivity index (χ2n) is 8.08. The monoisotopic (exact) mass is 300 g/mol. The number of hydrogen-bond acceptors (Lipinski definition) is 4. The fraction of sp³-hybridized carbons (Fsp3) is 1.00. The highest BCUT2D eigenvalue weighted by molar-refractivity contribution is 4.86. The van der Waals surface area contributed by atoms with Crippen molar-refractivity contribution in [2.24, 2.45) is 5.41 Å². The van der Waals surface area contributed by atoms with E-state index in [1.807, 2.05) is 0 Å². The Labute approximate surface area is 131 Å². The second kappa shape index (κ2) is 7.91. The number of hydrogen-bond donors (Lipinski definition) is 2. The van der Waals surface area contributed by atoms with E-state index in [0.29, 0.717) is 6.04 Å². The van der Waals surface area contributed by atoms with Crippen molar-refractivity contribution < 1.29 is 9.84 Å². The van der Waals surface area contributed by atoms with Crippen molar-refractivity contribution in [2.75, 3.05) is 32.8 Å². The third-order valence-corrected chi connectivity index (χ3v) is 4.18. The van der Waals surface area contributed by atoms with E-state index in [2.05, 4.69) is 51.8 Å². The molecule has 0 spiro atoms.